The zero-order valence-electron chi connectivity index (χ0n) is 12.4. The number of para-hydroxylation sites is 1. The molecule has 0 bridgehead atoms. The van der Waals surface area contributed by atoms with Crippen molar-refractivity contribution in [3.63, 3.8) is 0 Å². The minimum absolute atomic E-state index is 0.138. The first-order valence-corrected chi connectivity index (χ1v) is 7.43. The Morgan fingerprint density at radius 3 is 2.95 bits per heavy atom. The van der Waals surface area contributed by atoms with E-state index >= 15 is 0 Å². The number of likely N-dealkylation sites (N-methyl/N-ethyl adjacent to an activating group) is 1. The number of ether oxygens (including phenoxy) is 3. The van der Waals surface area contributed by atoms with Crippen LogP contribution in [0.2, 0.25) is 0 Å². The Bertz CT molecular complexity index is 391. The van der Waals surface area contributed by atoms with E-state index in [0.717, 1.165) is 30.8 Å². The molecule has 0 aliphatic carbocycles. The molecule has 1 N–H and O–H groups in total. The van der Waals surface area contributed by atoms with E-state index in [1.54, 1.807) is 0 Å². The monoisotopic (exact) mass is 279 g/mol. The summed E-state index contributed by atoms with van der Waals surface area (Å²) in [6.45, 7) is 4.84. The van der Waals surface area contributed by atoms with Gasteiger partial charge in [-0.1, -0.05) is 18.2 Å². The molecule has 1 aliphatic rings. The van der Waals surface area contributed by atoms with Gasteiger partial charge in [-0.2, -0.15) is 0 Å². The van der Waals surface area contributed by atoms with Crippen molar-refractivity contribution in [2.45, 2.75) is 31.9 Å². The van der Waals surface area contributed by atoms with Crippen molar-refractivity contribution in [3.8, 4) is 5.75 Å². The normalized spacial score (nSPS) is 20.0. The zero-order chi connectivity index (χ0) is 14.2. The highest BCUT2D eigenvalue weighted by molar-refractivity contribution is 5.36. The number of benzene rings is 1. The second-order valence-electron chi connectivity index (χ2n) is 4.98. The molecule has 0 saturated carbocycles. The summed E-state index contributed by atoms with van der Waals surface area (Å²) >= 11 is 0. The highest BCUT2D eigenvalue weighted by Gasteiger charge is 2.18. The predicted octanol–water partition coefficient (Wildman–Crippen LogP) is 2.54. The summed E-state index contributed by atoms with van der Waals surface area (Å²) in [6, 6.07) is 8.25. The fraction of sp³-hybridized carbons (Fsp3) is 0.625. The molecule has 20 heavy (non-hydrogen) atoms. The Morgan fingerprint density at radius 1 is 1.40 bits per heavy atom. The summed E-state index contributed by atoms with van der Waals surface area (Å²) in [7, 11) is 1.95. The van der Waals surface area contributed by atoms with Crippen LogP contribution in [0.15, 0.2) is 24.3 Å². The first kappa shape index (κ1) is 15.3. The average Bonchev–Trinajstić information content (AvgIpc) is 2.98. The Morgan fingerprint density at radius 2 is 2.25 bits per heavy atom. The molecule has 4 heteroatoms. The van der Waals surface area contributed by atoms with Crippen molar-refractivity contribution in [2.75, 3.05) is 33.5 Å². The van der Waals surface area contributed by atoms with Crippen LogP contribution in [0.4, 0.5) is 0 Å². The van der Waals surface area contributed by atoms with Crippen LogP contribution in [-0.4, -0.2) is 39.6 Å². The number of rotatable bonds is 8. The second kappa shape index (κ2) is 8.25. The third kappa shape index (κ3) is 4.20. The number of hydrogen-bond acceptors (Lipinski definition) is 4. The van der Waals surface area contributed by atoms with Crippen LogP contribution in [-0.2, 0) is 9.47 Å². The van der Waals surface area contributed by atoms with Crippen LogP contribution >= 0.6 is 0 Å². The van der Waals surface area contributed by atoms with Crippen LogP contribution in [0, 0.1) is 0 Å². The minimum atomic E-state index is 0.138. The maximum Gasteiger partial charge on any atom is 0.124 e. The number of nitrogens with one attached hydrogen (secondary N) is 1. The molecule has 1 aliphatic heterocycles. The summed E-state index contributed by atoms with van der Waals surface area (Å²) in [5.41, 5.74) is 1.14. The van der Waals surface area contributed by atoms with E-state index in [-0.39, 0.29) is 12.1 Å². The third-order valence-electron chi connectivity index (χ3n) is 3.55. The lowest BCUT2D eigenvalue weighted by Crippen LogP contribution is -2.25. The van der Waals surface area contributed by atoms with Crippen molar-refractivity contribution in [1.82, 2.24) is 5.32 Å². The lowest BCUT2D eigenvalue weighted by Gasteiger charge is -2.20. The molecule has 112 valence electrons. The predicted molar refractivity (Wildman–Crippen MR) is 79.2 cm³/mol. The van der Waals surface area contributed by atoms with Crippen LogP contribution in [0.3, 0.4) is 0 Å². The van der Waals surface area contributed by atoms with Crippen LogP contribution in [0.1, 0.15) is 31.4 Å². The van der Waals surface area contributed by atoms with Crippen molar-refractivity contribution in [3.05, 3.63) is 29.8 Å². The fourth-order valence-corrected chi connectivity index (χ4v) is 2.48. The summed E-state index contributed by atoms with van der Waals surface area (Å²) in [5, 5.41) is 3.30. The van der Waals surface area contributed by atoms with Gasteiger partial charge in [-0.15, -0.1) is 0 Å². The average molecular weight is 279 g/mol. The lowest BCUT2D eigenvalue weighted by molar-refractivity contribution is 0.0104. The Hall–Kier alpha value is -1.10. The Labute approximate surface area is 121 Å². The van der Waals surface area contributed by atoms with Gasteiger partial charge in [0.2, 0.25) is 0 Å². The Balaban J connectivity index is 1.89. The maximum absolute atomic E-state index is 5.82. The molecule has 1 aromatic rings. The van der Waals surface area contributed by atoms with Gasteiger partial charge in [0.25, 0.3) is 0 Å². The molecule has 0 spiro atoms. The molecule has 2 unspecified atom stereocenters. The molecule has 1 heterocycles. The van der Waals surface area contributed by atoms with Gasteiger partial charge in [-0.25, -0.2) is 0 Å². The van der Waals surface area contributed by atoms with Gasteiger partial charge in [-0.05, 0) is 32.9 Å². The van der Waals surface area contributed by atoms with Gasteiger partial charge >= 0.3 is 0 Å². The van der Waals surface area contributed by atoms with Crippen LogP contribution < -0.4 is 10.1 Å². The molecule has 0 radical (unpaired) electrons. The van der Waals surface area contributed by atoms with Gasteiger partial charge in [0, 0.05) is 12.2 Å². The second-order valence-corrected chi connectivity index (χ2v) is 4.98. The molecule has 1 saturated heterocycles. The molecule has 1 fully saturated rings. The third-order valence-corrected chi connectivity index (χ3v) is 3.55. The molecule has 2 rings (SSSR count). The first-order valence-electron chi connectivity index (χ1n) is 7.43. The molecular formula is C16H25NO3. The summed E-state index contributed by atoms with van der Waals surface area (Å²) in [6.07, 6.45) is 2.53. The van der Waals surface area contributed by atoms with Crippen molar-refractivity contribution >= 4 is 0 Å². The molecule has 0 aromatic heterocycles. The van der Waals surface area contributed by atoms with Gasteiger partial charge in [-0.3, -0.25) is 0 Å². The quantitative estimate of drug-likeness (QED) is 0.794. The molecule has 2 atom stereocenters. The Kier molecular flexibility index (Phi) is 6.30. The maximum atomic E-state index is 5.82. The minimum Gasteiger partial charge on any atom is -0.494 e. The van der Waals surface area contributed by atoms with E-state index in [0.29, 0.717) is 19.8 Å². The largest absolute Gasteiger partial charge is 0.494 e. The van der Waals surface area contributed by atoms with E-state index in [9.17, 15) is 0 Å². The fourth-order valence-electron chi connectivity index (χ4n) is 2.48. The van der Waals surface area contributed by atoms with E-state index in [1.165, 1.54) is 0 Å². The summed E-state index contributed by atoms with van der Waals surface area (Å²) < 4.78 is 17.1. The van der Waals surface area contributed by atoms with Crippen molar-refractivity contribution in [2.24, 2.45) is 0 Å². The van der Waals surface area contributed by atoms with E-state index < -0.39 is 0 Å². The molecule has 1 aromatic carbocycles. The van der Waals surface area contributed by atoms with E-state index in [1.807, 2.05) is 32.2 Å². The van der Waals surface area contributed by atoms with Crippen LogP contribution in [0.5, 0.6) is 5.75 Å². The van der Waals surface area contributed by atoms with E-state index in [4.69, 9.17) is 14.2 Å². The molecule has 4 nitrogen and oxygen atoms in total. The van der Waals surface area contributed by atoms with Gasteiger partial charge in [0.1, 0.15) is 5.75 Å². The SMILES string of the molecule is CCOc1ccccc1C(COCC1CCCO1)NC. The summed E-state index contributed by atoms with van der Waals surface area (Å²) in [4.78, 5) is 0. The first-order chi connectivity index (χ1) is 9.85. The smallest absolute Gasteiger partial charge is 0.124 e. The highest BCUT2D eigenvalue weighted by Crippen LogP contribution is 2.25. The van der Waals surface area contributed by atoms with Crippen molar-refractivity contribution < 1.29 is 14.2 Å². The van der Waals surface area contributed by atoms with Gasteiger partial charge < -0.3 is 19.5 Å². The lowest BCUT2D eigenvalue weighted by atomic mass is 10.1. The summed E-state index contributed by atoms with van der Waals surface area (Å²) in [5.74, 6) is 0.926. The number of hydrogen-bond donors (Lipinski definition) is 1. The molecule has 0 amide bonds. The van der Waals surface area contributed by atoms with Crippen LogP contribution in [0.25, 0.3) is 0 Å². The van der Waals surface area contributed by atoms with E-state index in [2.05, 4.69) is 11.4 Å². The zero-order valence-corrected chi connectivity index (χ0v) is 12.4. The standard InChI is InChI=1S/C16H25NO3/c1-3-19-16-9-5-4-8-14(16)15(17-2)12-18-11-13-7-6-10-20-13/h4-5,8-9,13,15,17H,3,6-7,10-12H2,1-2H3. The highest BCUT2D eigenvalue weighted by atomic mass is 16.5. The topological polar surface area (TPSA) is 39.7 Å². The van der Waals surface area contributed by atoms with Crippen molar-refractivity contribution in [1.29, 1.82) is 0 Å². The van der Waals surface area contributed by atoms with Gasteiger partial charge in [0.05, 0.1) is 32.0 Å². The molecular weight excluding hydrogens is 254 g/mol. The van der Waals surface area contributed by atoms with Gasteiger partial charge in [0.15, 0.2) is 0 Å².